The van der Waals surface area contributed by atoms with E-state index in [1.807, 2.05) is 24.3 Å². The molecule has 0 bridgehead atoms. The van der Waals surface area contributed by atoms with Crippen molar-refractivity contribution in [3.8, 4) is 23.0 Å². The van der Waals surface area contributed by atoms with Crippen LogP contribution in [0, 0.1) is 0 Å². The van der Waals surface area contributed by atoms with Crippen LogP contribution in [0.2, 0.25) is 0 Å². The van der Waals surface area contributed by atoms with Gasteiger partial charge in [-0.2, -0.15) is 0 Å². The molecule has 1 aromatic carbocycles. The van der Waals surface area contributed by atoms with E-state index in [1.165, 1.54) is 11.6 Å². The van der Waals surface area contributed by atoms with Gasteiger partial charge in [0.05, 0.1) is 13.3 Å². The second kappa shape index (κ2) is 5.69. The predicted octanol–water partition coefficient (Wildman–Crippen LogP) is 0.217. The number of H-pyrrole nitrogens is 1. The number of nitrogens with one attached hydrogen (secondary N) is 1. The molecule has 132 valence electrons. The topological polar surface area (TPSA) is 113 Å². The lowest BCUT2D eigenvalue weighted by Gasteiger charge is -2.06. The molecule has 26 heavy (non-hydrogen) atoms. The number of hydrogen-bond acceptors (Lipinski definition) is 6. The first-order chi connectivity index (χ1) is 12.5. The third-order valence-corrected chi connectivity index (χ3v) is 4.16. The van der Waals surface area contributed by atoms with E-state index in [0.717, 1.165) is 4.57 Å². The Hall–Kier alpha value is -3.69. The van der Waals surface area contributed by atoms with E-state index in [-0.39, 0.29) is 11.2 Å². The van der Waals surface area contributed by atoms with Crippen LogP contribution < -0.4 is 16.0 Å². The van der Waals surface area contributed by atoms with E-state index in [9.17, 15) is 9.59 Å². The van der Waals surface area contributed by atoms with E-state index >= 15 is 0 Å². The minimum Gasteiger partial charge on any atom is -0.494 e. The highest BCUT2D eigenvalue weighted by atomic mass is 16.5. The van der Waals surface area contributed by atoms with Crippen LogP contribution in [-0.4, -0.2) is 41.2 Å². The van der Waals surface area contributed by atoms with Gasteiger partial charge in [-0.3, -0.25) is 13.9 Å². The minimum absolute atomic E-state index is 0.233. The van der Waals surface area contributed by atoms with Gasteiger partial charge in [0.15, 0.2) is 11.5 Å². The molecular weight excluding hydrogens is 338 g/mol. The Kier molecular flexibility index (Phi) is 3.46. The Labute approximate surface area is 146 Å². The number of ether oxygens (including phenoxy) is 1. The number of nitrogens with zero attached hydrogens (tertiary/aromatic N) is 6. The second-order valence-corrected chi connectivity index (χ2v) is 5.71. The number of aromatic nitrogens is 7. The SMILES string of the molecule is COc1ccccc1-n1cc(-c2nc3c([nH]2)c(=O)n(C)c(=O)n3C)nn1. The zero-order chi connectivity index (χ0) is 18.4. The third-order valence-electron chi connectivity index (χ3n) is 4.16. The standard InChI is InChI=1S/C16H15N7O3/c1-21-14-12(15(24)22(2)16(21)25)17-13(18-14)9-8-23(20-19-9)10-6-4-5-7-11(10)26-3/h4-8H,1-3H3,(H,17,18). The van der Waals surface area contributed by atoms with E-state index in [0.29, 0.717) is 23.0 Å². The molecule has 0 atom stereocenters. The first kappa shape index (κ1) is 15.8. The van der Waals surface area contributed by atoms with Gasteiger partial charge in [-0.05, 0) is 12.1 Å². The van der Waals surface area contributed by atoms with Crippen molar-refractivity contribution in [2.45, 2.75) is 0 Å². The zero-order valence-electron chi connectivity index (χ0n) is 14.3. The molecule has 0 aliphatic rings. The van der Waals surface area contributed by atoms with Crippen molar-refractivity contribution in [2.75, 3.05) is 7.11 Å². The molecule has 3 heterocycles. The van der Waals surface area contributed by atoms with Gasteiger partial charge in [0, 0.05) is 14.1 Å². The summed E-state index contributed by atoms with van der Waals surface area (Å²) in [6.45, 7) is 0. The van der Waals surface area contributed by atoms with Crippen molar-refractivity contribution < 1.29 is 4.74 Å². The number of para-hydroxylation sites is 2. The van der Waals surface area contributed by atoms with Crippen molar-refractivity contribution in [1.82, 2.24) is 34.1 Å². The van der Waals surface area contributed by atoms with E-state index < -0.39 is 11.2 Å². The number of aromatic amines is 1. The number of fused-ring (bicyclic) bond motifs is 1. The van der Waals surface area contributed by atoms with Gasteiger partial charge in [-0.15, -0.1) is 5.10 Å². The maximum atomic E-state index is 12.3. The predicted molar refractivity (Wildman–Crippen MR) is 93.5 cm³/mol. The summed E-state index contributed by atoms with van der Waals surface area (Å²) in [6.07, 6.45) is 1.66. The molecule has 4 aromatic rings. The van der Waals surface area contributed by atoms with Crippen molar-refractivity contribution >= 4 is 11.2 Å². The number of hydrogen-bond donors (Lipinski definition) is 1. The monoisotopic (exact) mass is 353 g/mol. The van der Waals surface area contributed by atoms with Crippen LogP contribution in [0.15, 0.2) is 40.1 Å². The molecule has 0 fully saturated rings. The number of imidazole rings is 1. The number of rotatable bonds is 3. The van der Waals surface area contributed by atoms with Gasteiger partial charge >= 0.3 is 5.69 Å². The molecule has 10 heteroatoms. The van der Waals surface area contributed by atoms with Gasteiger partial charge in [0.1, 0.15) is 22.6 Å². The van der Waals surface area contributed by atoms with Crippen molar-refractivity contribution in [2.24, 2.45) is 14.1 Å². The molecule has 0 spiro atoms. The number of aryl methyl sites for hydroxylation is 1. The molecular formula is C16H15N7O3. The Bertz CT molecular complexity index is 1240. The highest BCUT2D eigenvalue weighted by molar-refractivity contribution is 5.74. The van der Waals surface area contributed by atoms with Gasteiger partial charge in [0.25, 0.3) is 5.56 Å². The van der Waals surface area contributed by atoms with Crippen LogP contribution in [0.3, 0.4) is 0 Å². The molecule has 4 rings (SSSR count). The first-order valence-corrected chi connectivity index (χ1v) is 7.73. The largest absolute Gasteiger partial charge is 0.494 e. The smallest absolute Gasteiger partial charge is 0.332 e. The fourth-order valence-electron chi connectivity index (χ4n) is 2.76. The molecule has 0 aliphatic carbocycles. The second-order valence-electron chi connectivity index (χ2n) is 5.71. The van der Waals surface area contributed by atoms with Crippen molar-refractivity contribution in [3.63, 3.8) is 0 Å². The fourth-order valence-corrected chi connectivity index (χ4v) is 2.76. The summed E-state index contributed by atoms with van der Waals surface area (Å²) in [5, 5.41) is 8.20. The summed E-state index contributed by atoms with van der Waals surface area (Å²) in [4.78, 5) is 31.6. The summed E-state index contributed by atoms with van der Waals surface area (Å²) in [5.74, 6) is 0.990. The minimum atomic E-state index is -0.446. The van der Waals surface area contributed by atoms with Crippen LogP contribution in [-0.2, 0) is 14.1 Å². The number of benzene rings is 1. The summed E-state index contributed by atoms with van der Waals surface area (Å²) >= 11 is 0. The lowest BCUT2D eigenvalue weighted by Crippen LogP contribution is -2.36. The highest BCUT2D eigenvalue weighted by Gasteiger charge is 2.17. The molecule has 0 saturated heterocycles. The Morgan fingerprint density at radius 1 is 1.12 bits per heavy atom. The Balaban J connectivity index is 1.86. The van der Waals surface area contributed by atoms with Gasteiger partial charge in [0.2, 0.25) is 0 Å². The summed E-state index contributed by atoms with van der Waals surface area (Å²) in [7, 11) is 4.55. The quantitative estimate of drug-likeness (QED) is 0.564. The van der Waals surface area contributed by atoms with Crippen molar-refractivity contribution in [1.29, 1.82) is 0 Å². The van der Waals surface area contributed by atoms with Gasteiger partial charge in [-0.1, -0.05) is 17.3 Å². The number of methoxy groups -OCH3 is 1. The zero-order valence-corrected chi connectivity index (χ0v) is 14.3. The summed E-state index contributed by atoms with van der Waals surface area (Å²) in [6, 6.07) is 7.38. The molecule has 0 saturated carbocycles. The lowest BCUT2D eigenvalue weighted by atomic mass is 10.3. The highest BCUT2D eigenvalue weighted by Crippen LogP contribution is 2.23. The molecule has 10 nitrogen and oxygen atoms in total. The van der Waals surface area contributed by atoms with Crippen LogP contribution >= 0.6 is 0 Å². The molecule has 0 unspecified atom stereocenters. The van der Waals surface area contributed by atoms with E-state index in [2.05, 4.69) is 20.3 Å². The van der Waals surface area contributed by atoms with Gasteiger partial charge in [-0.25, -0.2) is 14.5 Å². The normalized spacial score (nSPS) is 11.2. The molecule has 3 aromatic heterocycles. The first-order valence-electron chi connectivity index (χ1n) is 7.73. The molecule has 1 N–H and O–H groups in total. The fraction of sp³-hybridized carbons (Fsp3) is 0.188. The molecule has 0 amide bonds. The Morgan fingerprint density at radius 2 is 1.88 bits per heavy atom. The summed E-state index contributed by atoms with van der Waals surface area (Å²) in [5.41, 5.74) is 0.753. The van der Waals surface area contributed by atoms with E-state index in [4.69, 9.17) is 4.74 Å². The summed E-state index contributed by atoms with van der Waals surface area (Å²) < 4.78 is 9.21. The van der Waals surface area contributed by atoms with Gasteiger partial charge < -0.3 is 9.72 Å². The Morgan fingerprint density at radius 3 is 2.65 bits per heavy atom. The van der Waals surface area contributed by atoms with Crippen LogP contribution in [0.5, 0.6) is 5.75 Å². The maximum absolute atomic E-state index is 12.3. The van der Waals surface area contributed by atoms with Crippen LogP contribution in [0.25, 0.3) is 28.4 Å². The third kappa shape index (κ3) is 2.23. The average Bonchev–Trinajstić information content (AvgIpc) is 3.32. The lowest BCUT2D eigenvalue weighted by molar-refractivity contribution is 0.411. The molecule has 0 radical (unpaired) electrons. The van der Waals surface area contributed by atoms with Crippen LogP contribution in [0.4, 0.5) is 0 Å². The van der Waals surface area contributed by atoms with Crippen LogP contribution in [0.1, 0.15) is 0 Å². The van der Waals surface area contributed by atoms with Crippen molar-refractivity contribution in [3.05, 3.63) is 51.3 Å². The maximum Gasteiger partial charge on any atom is 0.332 e. The average molecular weight is 353 g/mol. The molecule has 0 aliphatic heterocycles. The van der Waals surface area contributed by atoms with E-state index in [1.54, 1.807) is 25.0 Å².